The highest BCUT2D eigenvalue weighted by molar-refractivity contribution is 6.51. The molecule has 0 radical (unpaired) electrons. The minimum Gasteiger partial charge on any atom is -0.402 e. The van der Waals surface area contributed by atoms with Crippen molar-refractivity contribution >= 4 is 34.1 Å². The van der Waals surface area contributed by atoms with Crippen LogP contribution in [0.15, 0.2) is 59.5 Å². The predicted octanol–water partition coefficient (Wildman–Crippen LogP) is 3.92. The van der Waals surface area contributed by atoms with Crippen LogP contribution >= 0.6 is 11.6 Å². The number of carbonyl (C=O) groups excluding carboxylic acids is 1. The molecule has 132 valence electrons. The summed E-state index contributed by atoms with van der Waals surface area (Å²) < 4.78 is 0. The Bertz CT molecular complexity index is 1030. The number of benzene rings is 1. The van der Waals surface area contributed by atoms with E-state index in [9.17, 15) is 4.79 Å². The molecule has 0 spiro atoms. The van der Waals surface area contributed by atoms with Crippen LogP contribution in [0.5, 0.6) is 0 Å². The predicted molar refractivity (Wildman–Crippen MR) is 106 cm³/mol. The zero-order chi connectivity index (χ0) is 18.7. The molecule has 0 aliphatic rings. The van der Waals surface area contributed by atoms with Gasteiger partial charge in [-0.15, -0.1) is 0 Å². The number of halogens is 1. The summed E-state index contributed by atoms with van der Waals surface area (Å²) in [6.07, 6.45) is 5.71. The van der Waals surface area contributed by atoms with Crippen LogP contribution in [0, 0.1) is 0 Å². The molecule has 26 heavy (non-hydrogen) atoms. The van der Waals surface area contributed by atoms with E-state index < -0.39 is 0 Å². The van der Waals surface area contributed by atoms with Crippen molar-refractivity contribution in [3.05, 3.63) is 76.2 Å². The maximum Gasteiger partial charge on any atom is 0.213 e. The molecule has 0 saturated carbocycles. The highest BCUT2D eigenvalue weighted by Crippen LogP contribution is 2.21. The fraction of sp³-hybridized carbons (Fsp3) is 0.150. The summed E-state index contributed by atoms with van der Waals surface area (Å²) >= 11 is 6.05. The van der Waals surface area contributed by atoms with E-state index in [2.05, 4.69) is 15.0 Å². The lowest BCUT2D eigenvalue weighted by atomic mass is 10.0. The first-order valence-corrected chi connectivity index (χ1v) is 8.51. The van der Waals surface area contributed by atoms with Crippen molar-refractivity contribution < 1.29 is 4.79 Å². The number of hydrogen-bond donors (Lipinski definition) is 2. The van der Waals surface area contributed by atoms with Crippen molar-refractivity contribution in [1.29, 1.82) is 0 Å². The smallest absolute Gasteiger partial charge is 0.213 e. The third kappa shape index (κ3) is 3.83. The van der Waals surface area contributed by atoms with Gasteiger partial charge in [0.05, 0.1) is 5.56 Å². The number of pyridine rings is 1. The van der Waals surface area contributed by atoms with Crippen molar-refractivity contribution in [1.82, 2.24) is 9.97 Å². The number of carbonyl (C=O) groups is 1. The monoisotopic (exact) mass is 366 g/mol. The van der Waals surface area contributed by atoms with Gasteiger partial charge in [0.2, 0.25) is 5.78 Å². The van der Waals surface area contributed by atoms with E-state index in [-0.39, 0.29) is 5.78 Å². The number of nitrogens with zero attached hydrogens (tertiary/aromatic N) is 2. The Labute approximate surface area is 156 Å². The number of rotatable bonds is 5. The summed E-state index contributed by atoms with van der Waals surface area (Å²) in [5.74, 6) is -0.190. The maximum absolute atomic E-state index is 12.8. The van der Waals surface area contributed by atoms with Crippen molar-refractivity contribution in [3.63, 3.8) is 0 Å². The molecule has 3 aromatic rings. The van der Waals surface area contributed by atoms with E-state index in [0.29, 0.717) is 34.1 Å². The van der Waals surface area contributed by atoms with E-state index in [1.807, 2.05) is 30.3 Å². The second kappa shape index (κ2) is 7.54. The minimum absolute atomic E-state index is 0.190. The minimum atomic E-state index is -0.190. The van der Waals surface area contributed by atoms with E-state index in [1.165, 1.54) is 0 Å². The molecule has 2 heterocycles. The third-order valence-electron chi connectivity index (χ3n) is 3.97. The van der Waals surface area contributed by atoms with Gasteiger partial charge in [0.25, 0.3) is 0 Å². The second-order valence-corrected chi connectivity index (χ2v) is 6.51. The number of H-pyrrole nitrogens is 1. The van der Waals surface area contributed by atoms with Crippen LogP contribution in [0.3, 0.4) is 0 Å². The first-order chi connectivity index (χ1) is 12.5. The van der Waals surface area contributed by atoms with Crippen LogP contribution in [0.1, 0.15) is 28.4 Å². The molecular formula is C20H19ClN4O. The largest absolute Gasteiger partial charge is 0.402 e. The number of fused-ring (bicyclic) bond motifs is 1. The molecule has 0 aliphatic carbocycles. The molecule has 0 saturated heterocycles. The van der Waals surface area contributed by atoms with Crippen molar-refractivity contribution in [2.45, 2.75) is 13.3 Å². The Morgan fingerprint density at radius 1 is 1.35 bits per heavy atom. The zero-order valence-corrected chi connectivity index (χ0v) is 15.3. The van der Waals surface area contributed by atoms with Gasteiger partial charge in [0.1, 0.15) is 11.4 Å². The van der Waals surface area contributed by atoms with Gasteiger partial charge in [0.15, 0.2) is 0 Å². The van der Waals surface area contributed by atoms with Gasteiger partial charge < -0.3 is 10.7 Å². The number of hydrogen-bond acceptors (Lipinski definition) is 4. The van der Waals surface area contributed by atoms with Gasteiger partial charge in [-0.2, -0.15) is 0 Å². The summed E-state index contributed by atoms with van der Waals surface area (Å²) in [6, 6.07) is 9.66. The highest BCUT2D eigenvalue weighted by atomic mass is 35.5. The Kier molecular flexibility index (Phi) is 5.19. The molecule has 0 fully saturated rings. The van der Waals surface area contributed by atoms with Gasteiger partial charge in [-0.25, -0.2) is 4.98 Å². The molecule has 0 atom stereocenters. The molecule has 3 N–H and O–H groups in total. The topological polar surface area (TPSA) is 84.1 Å². The summed E-state index contributed by atoms with van der Waals surface area (Å²) in [5.41, 5.74) is 9.79. The van der Waals surface area contributed by atoms with Crippen molar-refractivity contribution in [3.8, 4) is 0 Å². The number of nitrogens with one attached hydrogen (secondary N) is 1. The third-order valence-corrected chi connectivity index (χ3v) is 4.20. The lowest BCUT2D eigenvalue weighted by Crippen LogP contribution is -2.13. The number of aliphatic imine (C=N–C) groups is 1. The maximum atomic E-state index is 12.8. The molecule has 0 bridgehead atoms. The van der Waals surface area contributed by atoms with Crippen LogP contribution in [-0.2, 0) is 6.42 Å². The number of Topliss-reactive ketones (excluding diaryl/α,β-unsaturated/α-hetero) is 1. The zero-order valence-electron chi connectivity index (χ0n) is 14.6. The van der Waals surface area contributed by atoms with Gasteiger partial charge in [-0.05, 0) is 48.7 Å². The number of aromatic amines is 1. The molecule has 2 aromatic heterocycles. The Morgan fingerprint density at radius 3 is 2.85 bits per heavy atom. The first-order valence-electron chi connectivity index (χ1n) is 8.13. The molecule has 0 unspecified atom stereocenters. The van der Waals surface area contributed by atoms with Crippen molar-refractivity contribution in [2.75, 3.05) is 7.05 Å². The van der Waals surface area contributed by atoms with Crippen LogP contribution in [0.4, 0.5) is 0 Å². The number of ketones is 1. The number of allylic oxidation sites excluding steroid dienone is 2. The molecule has 0 amide bonds. The fourth-order valence-corrected chi connectivity index (χ4v) is 3.01. The van der Waals surface area contributed by atoms with Crippen LogP contribution in [0.2, 0.25) is 5.02 Å². The van der Waals surface area contributed by atoms with Crippen molar-refractivity contribution in [2.24, 2.45) is 10.7 Å². The molecule has 5 nitrogen and oxygen atoms in total. The summed E-state index contributed by atoms with van der Waals surface area (Å²) in [5, 5.41) is 1.46. The fourth-order valence-electron chi connectivity index (χ4n) is 2.80. The lowest BCUT2D eigenvalue weighted by Gasteiger charge is -2.04. The van der Waals surface area contributed by atoms with E-state index in [0.717, 1.165) is 16.5 Å². The van der Waals surface area contributed by atoms with E-state index in [1.54, 1.807) is 32.4 Å². The molecule has 1 aromatic carbocycles. The Balaban J connectivity index is 1.98. The standard InChI is InChI=1S/C20H19ClN4O/c1-12(22)6-18(23-2)19(26)17-11-25-20-16(17)9-14(10-24-20)7-13-4-3-5-15(21)8-13/h3-6,8-11H,7,22H2,1-2H3,(H,24,25)/b12-6-,23-18?. The summed E-state index contributed by atoms with van der Waals surface area (Å²) in [4.78, 5) is 24.3. The Hall–Kier alpha value is -2.92. The van der Waals surface area contributed by atoms with E-state index in [4.69, 9.17) is 17.3 Å². The quantitative estimate of drug-likeness (QED) is 0.530. The van der Waals surface area contributed by atoms with Gasteiger partial charge in [-0.1, -0.05) is 23.7 Å². The molecular weight excluding hydrogens is 348 g/mol. The average Bonchev–Trinajstić information content (AvgIpc) is 3.02. The van der Waals surface area contributed by atoms with Gasteiger partial charge in [-0.3, -0.25) is 9.79 Å². The molecule has 3 rings (SSSR count). The first kappa shape index (κ1) is 17.9. The normalized spacial score (nSPS) is 12.6. The van der Waals surface area contributed by atoms with Gasteiger partial charge >= 0.3 is 0 Å². The Morgan fingerprint density at radius 2 is 2.15 bits per heavy atom. The molecule has 6 heteroatoms. The van der Waals surface area contributed by atoms with Crippen LogP contribution in [-0.4, -0.2) is 28.5 Å². The summed E-state index contributed by atoms with van der Waals surface area (Å²) in [7, 11) is 1.57. The number of aromatic nitrogens is 2. The lowest BCUT2D eigenvalue weighted by molar-refractivity contribution is 0.106. The molecule has 0 aliphatic heterocycles. The van der Waals surface area contributed by atoms with Crippen LogP contribution in [0.25, 0.3) is 11.0 Å². The van der Waals surface area contributed by atoms with E-state index >= 15 is 0 Å². The SMILES string of the molecule is CN=C(/C=C(/C)N)C(=O)c1c[nH]c2ncc(Cc3cccc(Cl)c3)cc12. The number of nitrogens with two attached hydrogens (primary N) is 1. The second-order valence-electron chi connectivity index (χ2n) is 6.08. The summed E-state index contributed by atoms with van der Waals surface area (Å²) in [6.45, 7) is 1.72. The highest BCUT2D eigenvalue weighted by Gasteiger charge is 2.17. The van der Waals surface area contributed by atoms with Crippen LogP contribution < -0.4 is 5.73 Å². The van der Waals surface area contributed by atoms with Gasteiger partial charge in [0, 0.05) is 35.5 Å². The average molecular weight is 367 g/mol.